The normalized spacial score (nSPS) is 29.1. The Morgan fingerprint density at radius 1 is 1.37 bits per heavy atom. The summed E-state index contributed by atoms with van der Waals surface area (Å²) in [4.78, 5) is 0. The second-order valence-corrected chi connectivity index (χ2v) is 5.98. The Morgan fingerprint density at radius 3 is 2.79 bits per heavy atom. The topological polar surface area (TPSA) is 52.5 Å². The van der Waals surface area contributed by atoms with E-state index in [1.807, 2.05) is 30.3 Å². The van der Waals surface area contributed by atoms with Crippen molar-refractivity contribution >= 4 is 0 Å². The lowest BCUT2D eigenvalue weighted by molar-refractivity contribution is -0.0135. The molecule has 1 aliphatic rings. The minimum Gasteiger partial charge on any atom is -0.389 e. The third kappa shape index (κ3) is 4.30. The van der Waals surface area contributed by atoms with Crippen LogP contribution in [0, 0.1) is 5.92 Å². The van der Waals surface area contributed by atoms with E-state index in [9.17, 15) is 10.2 Å². The first kappa shape index (κ1) is 14.5. The van der Waals surface area contributed by atoms with Gasteiger partial charge in [-0.3, -0.25) is 0 Å². The van der Waals surface area contributed by atoms with Gasteiger partial charge in [-0.2, -0.15) is 0 Å². The summed E-state index contributed by atoms with van der Waals surface area (Å²) in [6.45, 7) is 3.25. The Morgan fingerprint density at radius 2 is 2.11 bits per heavy atom. The van der Waals surface area contributed by atoms with E-state index >= 15 is 0 Å². The van der Waals surface area contributed by atoms with Crippen LogP contribution in [0.15, 0.2) is 30.3 Å². The summed E-state index contributed by atoms with van der Waals surface area (Å²) in [5, 5.41) is 23.7. The fraction of sp³-hybridized carbons (Fsp3) is 0.625. The lowest BCUT2D eigenvalue weighted by atomic mass is 9.79. The predicted octanol–water partition coefficient (Wildman–Crippen LogP) is 2.25. The van der Waals surface area contributed by atoms with Crippen molar-refractivity contribution in [3.8, 4) is 0 Å². The second-order valence-electron chi connectivity index (χ2n) is 5.98. The summed E-state index contributed by atoms with van der Waals surface area (Å²) < 4.78 is 0. The van der Waals surface area contributed by atoms with E-state index in [1.54, 1.807) is 0 Å². The van der Waals surface area contributed by atoms with E-state index in [2.05, 4.69) is 12.2 Å². The average Bonchev–Trinajstić information content (AvgIpc) is 2.39. The molecule has 1 aromatic rings. The number of nitrogens with one attached hydrogen (secondary N) is 1. The molecule has 0 spiro atoms. The Hall–Kier alpha value is -0.900. The number of benzene rings is 1. The molecule has 3 nitrogen and oxygen atoms in total. The highest BCUT2D eigenvalue weighted by atomic mass is 16.3. The summed E-state index contributed by atoms with van der Waals surface area (Å²) in [5.41, 5.74) is 0.327. The van der Waals surface area contributed by atoms with Crippen LogP contribution in [0.3, 0.4) is 0 Å². The maximum absolute atomic E-state index is 10.5. The van der Waals surface area contributed by atoms with Crippen molar-refractivity contribution in [1.82, 2.24) is 5.32 Å². The van der Waals surface area contributed by atoms with Crippen LogP contribution in [0.5, 0.6) is 0 Å². The van der Waals surface area contributed by atoms with Crippen molar-refractivity contribution in [2.45, 2.75) is 44.3 Å². The molecule has 19 heavy (non-hydrogen) atoms. The fourth-order valence-corrected chi connectivity index (χ4v) is 3.03. The molecule has 1 saturated carbocycles. The molecule has 3 unspecified atom stereocenters. The lowest BCUT2D eigenvalue weighted by Crippen LogP contribution is -2.44. The van der Waals surface area contributed by atoms with Crippen LogP contribution >= 0.6 is 0 Å². The molecule has 0 bridgehead atoms. The Kier molecular flexibility index (Phi) is 4.97. The third-order valence-electron chi connectivity index (χ3n) is 4.04. The SMILES string of the molecule is CC1CCCC(O)(CNCC(O)c2ccccc2)C1. The molecule has 1 aliphatic carbocycles. The predicted molar refractivity (Wildman–Crippen MR) is 76.9 cm³/mol. The molecule has 2 rings (SSSR count). The molecule has 3 heteroatoms. The zero-order valence-electron chi connectivity index (χ0n) is 11.7. The number of rotatable bonds is 5. The van der Waals surface area contributed by atoms with Crippen LogP contribution in [-0.2, 0) is 0 Å². The largest absolute Gasteiger partial charge is 0.389 e. The lowest BCUT2D eigenvalue weighted by Gasteiger charge is -2.36. The van der Waals surface area contributed by atoms with Gasteiger partial charge in [-0.05, 0) is 24.3 Å². The van der Waals surface area contributed by atoms with Crippen molar-refractivity contribution < 1.29 is 10.2 Å². The highest BCUT2D eigenvalue weighted by molar-refractivity contribution is 5.17. The van der Waals surface area contributed by atoms with Gasteiger partial charge in [0.05, 0.1) is 11.7 Å². The van der Waals surface area contributed by atoms with Gasteiger partial charge in [0.25, 0.3) is 0 Å². The molecular formula is C16H25NO2. The number of aliphatic hydroxyl groups is 2. The molecule has 0 radical (unpaired) electrons. The van der Waals surface area contributed by atoms with Crippen molar-refractivity contribution in [3.63, 3.8) is 0 Å². The summed E-state index contributed by atoms with van der Waals surface area (Å²) in [6.07, 6.45) is 3.54. The first-order valence-electron chi connectivity index (χ1n) is 7.25. The fourth-order valence-electron chi connectivity index (χ4n) is 3.03. The van der Waals surface area contributed by atoms with Crippen LogP contribution in [0.1, 0.15) is 44.3 Å². The Bertz CT molecular complexity index is 382. The molecule has 3 atom stereocenters. The second kappa shape index (κ2) is 6.51. The zero-order valence-corrected chi connectivity index (χ0v) is 11.7. The van der Waals surface area contributed by atoms with Gasteiger partial charge >= 0.3 is 0 Å². The smallest absolute Gasteiger partial charge is 0.0914 e. The summed E-state index contributed by atoms with van der Waals surface area (Å²) in [7, 11) is 0. The molecule has 1 aromatic carbocycles. The van der Waals surface area contributed by atoms with E-state index in [1.165, 1.54) is 6.42 Å². The highest BCUT2D eigenvalue weighted by Crippen LogP contribution is 2.31. The van der Waals surface area contributed by atoms with Crippen LogP contribution in [0.4, 0.5) is 0 Å². The third-order valence-corrected chi connectivity index (χ3v) is 4.04. The Balaban J connectivity index is 1.77. The van der Waals surface area contributed by atoms with E-state index < -0.39 is 11.7 Å². The summed E-state index contributed by atoms with van der Waals surface area (Å²) in [6, 6.07) is 9.63. The average molecular weight is 263 g/mol. The van der Waals surface area contributed by atoms with Gasteiger partial charge in [0.15, 0.2) is 0 Å². The maximum Gasteiger partial charge on any atom is 0.0914 e. The molecule has 3 N–H and O–H groups in total. The number of aliphatic hydroxyl groups excluding tert-OH is 1. The van der Waals surface area contributed by atoms with Crippen LogP contribution in [0.25, 0.3) is 0 Å². The van der Waals surface area contributed by atoms with Gasteiger partial charge in [0.2, 0.25) is 0 Å². The molecule has 0 aliphatic heterocycles. The number of hydrogen-bond acceptors (Lipinski definition) is 3. The Labute approximate surface area is 115 Å². The van der Waals surface area contributed by atoms with Gasteiger partial charge in [-0.1, -0.05) is 50.1 Å². The monoisotopic (exact) mass is 263 g/mol. The van der Waals surface area contributed by atoms with Gasteiger partial charge < -0.3 is 15.5 Å². The van der Waals surface area contributed by atoms with E-state index in [-0.39, 0.29) is 0 Å². The summed E-state index contributed by atoms with van der Waals surface area (Å²) in [5.74, 6) is 0.597. The van der Waals surface area contributed by atoms with Crippen molar-refractivity contribution in [3.05, 3.63) is 35.9 Å². The molecule has 0 amide bonds. The van der Waals surface area contributed by atoms with Gasteiger partial charge in [-0.15, -0.1) is 0 Å². The molecule has 0 heterocycles. The van der Waals surface area contributed by atoms with Crippen LogP contribution in [0.2, 0.25) is 0 Å². The first-order chi connectivity index (χ1) is 9.09. The van der Waals surface area contributed by atoms with E-state index in [0.29, 0.717) is 19.0 Å². The van der Waals surface area contributed by atoms with E-state index in [0.717, 1.165) is 24.8 Å². The van der Waals surface area contributed by atoms with Crippen LogP contribution < -0.4 is 5.32 Å². The standard InChI is InChI=1S/C16H25NO2/c1-13-6-5-9-16(19,10-13)12-17-11-15(18)14-7-3-2-4-8-14/h2-4,7-8,13,15,17-19H,5-6,9-12H2,1H3. The quantitative estimate of drug-likeness (QED) is 0.763. The van der Waals surface area contributed by atoms with E-state index in [4.69, 9.17) is 0 Å². The van der Waals surface area contributed by atoms with Crippen molar-refractivity contribution in [2.24, 2.45) is 5.92 Å². The first-order valence-corrected chi connectivity index (χ1v) is 7.25. The molecular weight excluding hydrogens is 238 g/mol. The minimum absolute atomic E-state index is 0.487. The molecule has 0 saturated heterocycles. The maximum atomic E-state index is 10.5. The minimum atomic E-state index is -0.589. The van der Waals surface area contributed by atoms with Gasteiger partial charge in [0.1, 0.15) is 0 Å². The molecule has 0 aromatic heterocycles. The van der Waals surface area contributed by atoms with Crippen molar-refractivity contribution in [1.29, 1.82) is 0 Å². The molecule has 1 fully saturated rings. The molecule has 106 valence electrons. The van der Waals surface area contributed by atoms with Crippen LogP contribution in [-0.4, -0.2) is 28.9 Å². The zero-order chi connectivity index (χ0) is 13.7. The number of hydrogen-bond donors (Lipinski definition) is 3. The summed E-state index contributed by atoms with van der Waals surface area (Å²) >= 11 is 0. The van der Waals surface area contributed by atoms with Gasteiger partial charge in [-0.25, -0.2) is 0 Å². The van der Waals surface area contributed by atoms with Crippen molar-refractivity contribution in [2.75, 3.05) is 13.1 Å². The van der Waals surface area contributed by atoms with Gasteiger partial charge in [0, 0.05) is 13.1 Å². The highest BCUT2D eigenvalue weighted by Gasteiger charge is 2.32.